The van der Waals surface area contributed by atoms with E-state index in [0.717, 1.165) is 36.1 Å². The lowest BCUT2D eigenvalue weighted by atomic mass is 9.77. The van der Waals surface area contributed by atoms with Crippen LogP contribution in [0, 0.1) is 18.8 Å². The second kappa shape index (κ2) is 7.00. The van der Waals surface area contributed by atoms with E-state index in [-0.39, 0.29) is 6.10 Å². The van der Waals surface area contributed by atoms with Crippen molar-refractivity contribution in [2.24, 2.45) is 11.8 Å². The Morgan fingerprint density at radius 2 is 2.00 bits per heavy atom. The summed E-state index contributed by atoms with van der Waals surface area (Å²) in [6.45, 7) is 5.45. The molecule has 142 valence electrons. The molecule has 6 heteroatoms. The average Bonchev–Trinajstić information content (AvgIpc) is 3.38. The minimum Gasteiger partial charge on any atom is -0.379 e. The first-order chi connectivity index (χ1) is 13.2. The van der Waals surface area contributed by atoms with Crippen LogP contribution < -0.4 is 0 Å². The van der Waals surface area contributed by atoms with Crippen molar-refractivity contribution in [3.8, 4) is 0 Å². The molecule has 2 fully saturated rings. The molecule has 0 amide bonds. The fraction of sp³-hybridized carbons (Fsp3) is 0.524. The average molecular weight is 383 g/mol. The zero-order valence-electron chi connectivity index (χ0n) is 15.9. The number of methoxy groups -OCH3 is 1. The van der Waals surface area contributed by atoms with Crippen LogP contribution in [0.2, 0.25) is 0 Å². The third-order valence-electron chi connectivity index (χ3n) is 6.41. The highest BCUT2D eigenvalue weighted by molar-refractivity contribution is 7.09. The summed E-state index contributed by atoms with van der Waals surface area (Å²) in [5, 5.41) is 3.30. The van der Waals surface area contributed by atoms with Crippen LogP contribution in [0.1, 0.15) is 29.7 Å². The molecule has 1 aliphatic carbocycles. The van der Waals surface area contributed by atoms with Gasteiger partial charge in [-0.05, 0) is 43.7 Å². The predicted octanol–water partition coefficient (Wildman–Crippen LogP) is 3.90. The van der Waals surface area contributed by atoms with E-state index in [1.807, 2.05) is 13.3 Å². The molecule has 0 N–H and O–H groups in total. The molecule has 1 saturated carbocycles. The second-order valence-corrected chi connectivity index (χ2v) is 8.95. The number of benzene rings is 1. The Kier molecular flexibility index (Phi) is 4.50. The molecule has 3 heterocycles. The van der Waals surface area contributed by atoms with Gasteiger partial charge in [0.25, 0.3) is 0 Å². The number of fused-ring (bicyclic) bond motifs is 2. The largest absolute Gasteiger partial charge is 0.379 e. The maximum absolute atomic E-state index is 6.00. The standard InChI is InChI=1S/C21H26N4OS/c1-14-23-17-5-3-4-6-18(17)25(14)19-9-15-11-24(13-21-22-7-8-27-21)12-16(15)10-20(19)26-2/h3-8,15-16,19-20H,9-13H2,1-2H3/t15-,16+,19-,20-/m0/s1. The van der Waals surface area contributed by atoms with E-state index in [2.05, 4.69) is 51.0 Å². The minimum absolute atomic E-state index is 0.252. The maximum atomic E-state index is 6.00. The van der Waals surface area contributed by atoms with Gasteiger partial charge >= 0.3 is 0 Å². The molecule has 5 rings (SSSR count). The summed E-state index contributed by atoms with van der Waals surface area (Å²) < 4.78 is 8.44. The van der Waals surface area contributed by atoms with Crippen LogP contribution in [0.3, 0.4) is 0 Å². The summed E-state index contributed by atoms with van der Waals surface area (Å²) in [6.07, 6.45) is 4.46. The van der Waals surface area contributed by atoms with E-state index in [1.54, 1.807) is 11.3 Å². The first-order valence-electron chi connectivity index (χ1n) is 9.80. The van der Waals surface area contributed by atoms with Crippen LogP contribution in [0.5, 0.6) is 0 Å². The van der Waals surface area contributed by atoms with Crippen molar-refractivity contribution in [1.29, 1.82) is 0 Å². The van der Waals surface area contributed by atoms with Crippen molar-refractivity contribution in [2.45, 2.75) is 38.5 Å². The van der Waals surface area contributed by atoms with Gasteiger partial charge in [-0.3, -0.25) is 4.90 Å². The Morgan fingerprint density at radius 3 is 2.78 bits per heavy atom. The van der Waals surface area contributed by atoms with Gasteiger partial charge in [-0.15, -0.1) is 11.3 Å². The van der Waals surface area contributed by atoms with Gasteiger partial charge in [0.15, 0.2) is 0 Å². The van der Waals surface area contributed by atoms with Crippen molar-refractivity contribution >= 4 is 22.4 Å². The lowest BCUT2D eigenvalue weighted by Crippen LogP contribution is -2.37. The van der Waals surface area contributed by atoms with Crippen LogP contribution in [0.25, 0.3) is 11.0 Å². The van der Waals surface area contributed by atoms with Crippen LogP contribution in [-0.2, 0) is 11.3 Å². The number of hydrogen-bond donors (Lipinski definition) is 0. The number of para-hydroxylation sites is 2. The number of hydrogen-bond acceptors (Lipinski definition) is 5. The fourth-order valence-corrected chi connectivity index (χ4v) is 5.90. The molecule has 3 aromatic rings. The van der Waals surface area contributed by atoms with Crippen molar-refractivity contribution in [1.82, 2.24) is 19.4 Å². The number of imidazole rings is 1. The molecule has 1 saturated heterocycles. The van der Waals surface area contributed by atoms with E-state index in [1.165, 1.54) is 30.0 Å². The molecular weight excluding hydrogens is 356 g/mol. The van der Waals surface area contributed by atoms with Crippen LogP contribution in [-0.4, -0.2) is 45.7 Å². The van der Waals surface area contributed by atoms with Gasteiger partial charge in [0.1, 0.15) is 10.8 Å². The van der Waals surface area contributed by atoms with E-state index in [4.69, 9.17) is 9.72 Å². The molecule has 4 atom stereocenters. The van der Waals surface area contributed by atoms with E-state index >= 15 is 0 Å². The van der Waals surface area contributed by atoms with Crippen molar-refractivity contribution in [3.63, 3.8) is 0 Å². The Balaban J connectivity index is 1.41. The van der Waals surface area contributed by atoms with Gasteiger partial charge in [-0.1, -0.05) is 12.1 Å². The number of ether oxygens (including phenoxy) is 1. The monoisotopic (exact) mass is 382 g/mol. The molecule has 0 radical (unpaired) electrons. The van der Waals surface area contributed by atoms with Gasteiger partial charge < -0.3 is 9.30 Å². The summed E-state index contributed by atoms with van der Waals surface area (Å²) in [5.41, 5.74) is 2.32. The third-order valence-corrected chi connectivity index (χ3v) is 7.17. The first kappa shape index (κ1) is 17.3. The van der Waals surface area contributed by atoms with Gasteiger partial charge in [-0.25, -0.2) is 9.97 Å². The Hall–Kier alpha value is -1.76. The summed E-state index contributed by atoms with van der Waals surface area (Å²) in [7, 11) is 1.87. The molecule has 0 bridgehead atoms. The normalized spacial score (nSPS) is 28.7. The molecule has 0 spiro atoms. The highest BCUT2D eigenvalue weighted by atomic mass is 32.1. The van der Waals surface area contributed by atoms with Gasteiger partial charge in [0.2, 0.25) is 0 Å². The van der Waals surface area contributed by atoms with E-state index in [0.29, 0.717) is 6.04 Å². The summed E-state index contributed by atoms with van der Waals surface area (Å²) in [4.78, 5) is 11.9. The Labute approximate surface area is 164 Å². The van der Waals surface area contributed by atoms with Crippen molar-refractivity contribution in [2.75, 3.05) is 20.2 Å². The minimum atomic E-state index is 0.252. The smallest absolute Gasteiger partial charge is 0.107 e. The molecule has 2 aromatic heterocycles. The highest BCUT2D eigenvalue weighted by Crippen LogP contribution is 2.44. The molecule has 2 aliphatic rings. The molecule has 5 nitrogen and oxygen atoms in total. The lowest BCUT2D eigenvalue weighted by Gasteiger charge is -2.38. The van der Waals surface area contributed by atoms with Crippen molar-refractivity contribution < 1.29 is 4.74 Å². The quantitative estimate of drug-likeness (QED) is 0.686. The number of aromatic nitrogens is 3. The Morgan fingerprint density at radius 1 is 1.19 bits per heavy atom. The van der Waals surface area contributed by atoms with Gasteiger partial charge in [0.05, 0.1) is 29.7 Å². The number of aryl methyl sites for hydroxylation is 1. The third kappa shape index (κ3) is 3.10. The van der Waals surface area contributed by atoms with Crippen LogP contribution >= 0.6 is 11.3 Å². The number of likely N-dealkylation sites (tertiary alicyclic amines) is 1. The number of rotatable bonds is 4. The number of nitrogens with zero attached hydrogens (tertiary/aromatic N) is 4. The lowest BCUT2D eigenvalue weighted by molar-refractivity contribution is -0.0000726. The summed E-state index contributed by atoms with van der Waals surface area (Å²) in [5.74, 6) is 2.54. The van der Waals surface area contributed by atoms with Crippen LogP contribution in [0.4, 0.5) is 0 Å². The fourth-order valence-electron chi connectivity index (χ4n) is 5.25. The van der Waals surface area contributed by atoms with E-state index in [9.17, 15) is 0 Å². The molecule has 1 aromatic carbocycles. The van der Waals surface area contributed by atoms with Crippen molar-refractivity contribution in [3.05, 3.63) is 46.7 Å². The first-order valence-corrected chi connectivity index (χ1v) is 10.7. The maximum Gasteiger partial charge on any atom is 0.107 e. The van der Waals surface area contributed by atoms with E-state index < -0.39 is 0 Å². The molecule has 0 unspecified atom stereocenters. The summed E-state index contributed by atoms with van der Waals surface area (Å²) in [6, 6.07) is 8.84. The molecular formula is C21H26N4OS. The topological polar surface area (TPSA) is 43.2 Å². The molecule has 1 aliphatic heterocycles. The predicted molar refractivity (Wildman–Crippen MR) is 108 cm³/mol. The summed E-state index contributed by atoms with van der Waals surface area (Å²) >= 11 is 1.76. The second-order valence-electron chi connectivity index (χ2n) is 7.97. The zero-order chi connectivity index (χ0) is 18.4. The SMILES string of the molecule is CO[C@H]1C[C@@H]2CN(Cc3nccs3)C[C@@H]2C[C@@H]1n1c(C)nc2ccccc21. The Bertz CT molecular complexity index is 922. The van der Waals surface area contributed by atoms with Crippen LogP contribution in [0.15, 0.2) is 35.8 Å². The van der Waals surface area contributed by atoms with Gasteiger partial charge in [-0.2, -0.15) is 0 Å². The molecule has 27 heavy (non-hydrogen) atoms. The highest BCUT2D eigenvalue weighted by Gasteiger charge is 2.43. The number of thiazole rings is 1. The zero-order valence-corrected chi connectivity index (χ0v) is 16.7. The van der Waals surface area contributed by atoms with Gasteiger partial charge in [0, 0.05) is 31.8 Å².